The average Bonchev–Trinajstić information content (AvgIpc) is 3.13. The monoisotopic (exact) mass is 469 g/mol. The molecule has 0 radical (unpaired) electrons. The second-order valence-electron chi connectivity index (χ2n) is 8.58. The predicted octanol–water partition coefficient (Wildman–Crippen LogP) is 2.25. The Morgan fingerprint density at radius 3 is 2.62 bits per heavy atom. The van der Waals surface area contributed by atoms with E-state index < -0.39 is 0 Å². The highest BCUT2D eigenvalue weighted by atomic mass is 16.5. The summed E-state index contributed by atoms with van der Waals surface area (Å²) in [6, 6.07) is 10.1. The van der Waals surface area contributed by atoms with Gasteiger partial charge >= 0.3 is 11.7 Å². The number of hydrogen-bond acceptors (Lipinski definition) is 7. The van der Waals surface area contributed by atoms with Gasteiger partial charge in [0.25, 0.3) is 0 Å². The van der Waals surface area contributed by atoms with E-state index in [1.165, 1.54) is 4.57 Å². The van der Waals surface area contributed by atoms with Crippen molar-refractivity contribution in [2.45, 2.75) is 45.7 Å². The Balaban J connectivity index is 1.73. The van der Waals surface area contributed by atoms with Crippen LogP contribution in [0.2, 0.25) is 0 Å². The van der Waals surface area contributed by atoms with E-state index in [0.717, 1.165) is 18.4 Å². The van der Waals surface area contributed by atoms with Gasteiger partial charge in [-0.25, -0.2) is 4.79 Å². The summed E-state index contributed by atoms with van der Waals surface area (Å²) in [5, 5.41) is 0. The van der Waals surface area contributed by atoms with Gasteiger partial charge in [0.2, 0.25) is 5.91 Å². The topological polar surface area (TPSA) is 122 Å². The number of H-pyrrole nitrogens is 1. The number of imidazole rings is 1. The van der Waals surface area contributed by atoms with Crippen LogP contribution in [0.4, 0.5) is 5.82 Å². The van der Waals surface area contributed by atoms with Gasteiger partial charge in [0.15, 0.2) is 11.5 Å². The van der Waals surface area contributed by atoms with Gasteiger partial charge in [0, 0.05) is 32.6 Å². The highest BCUT2D eigenvalue weighted by molar-refractivity contribution is 5.81. The molecule has 184 valence electrons. The number of aromatic amines is 1. The molecular formula is C24H35N7O3. The Labute approximate surface area is 199 Å². The van der Waals surface area contributed by atoms with Crippen LogP contribution in [-0.4, -0.2) is 69.0 Å². The molecule has 34 heavy (non-hydrogen) atoms. The van der Waals surface area contributed by atoms with Crippen molar-refractivity contribution in [1.29, 1.82) is 0 Å². The molecule has 0 spiro atoms. The fourth-order valence-electron chi connectivity index (χ4n) is 3.60. The second kappa shape index (κ2) is 12.2. The summed E-state index contributed by atoms with van der Waals surface area (Å²) >= 11 is 0. The third-order valence-corrected chi connectivity index (χ3v) is 5.51. The van der Waals surface area contributed by atoms with Crippen molar-refractivity contribution in [3.05, 3.63) is 46.4 Å². The maximum Gasteiger partial charge on any atom is 0.327 e. The summed E-state index contributed by atoms with van der Waals surface area (Å²) in [5.41, 5.74) is 7.60. The number of nitrogens with zero attached hydrogens (tertiary/aromatic N) is 5. The zero-order valence-corrected chi connectivity index (χ0v) is 20.3. The Kier molecular flexibility index (Phi) is 9.03. The smallest absolute Gasteiger partial charge is 0.327 e. The third kappa shape index (κ3) is 6.80. The van der Waals surface area contributed by atoms with Crippen LogP contribution in [0.25, 0.3) is 11.2 Å². The largest absolute Gasteiger partial charge is 0.463 e. The molecule has 0 aliphatic carbocycles. The standard InChI is InChI=1S/C24H35N7O3/c1-4-5-16-34-23-27-21(25)20-22(28-23)31(24(33)26-20)14-9-13-30(19(32)12-15-29(2)3)17-18-10-7-6-8-11-18/h6-8,10-11H,4-5,9,12-17H2,1-3H3,(H,26,33)(H2,25,27,28). The second-order valence-corrected chi connectivity index (χ2v) is 8.58. The van der Waals surface area contributed by atoms with Crippen LogP contribution < -0.4 is 16.2 Å². The third-order valence-electron chi connectivity index (χ3n) is 5.51. The molecule has 0 aliphatic heterocycles. The van der Waals surface area contributed by atoms with Crippen molar-refractivity contribution in [2.75, 3.05) is 39.5 Å². The number of carbonyl (C=O) groups is 1. The van der Waals surface area contributed by atoms with Crippen molar-refractivity contribution in [1.82, 2.24) is 29.3 Å². The number of carbonyl (C=O) groups excluding carboxylic acids is 1. The lowest BCUT2D eigenvalue weighted by atomic mass is 10.2. The average molecular weight is 470 g/mol. The Hall–Kier alpha value is -3.40. The molecule has 3 rings (SSSR count). The zero-order chi connectivity index (χ0) is 24.5. The molecule has 10 heteroatoms. The number of fused-ring (bicyclic) bond motifs is 1. The van der Waals surface area contributed by atoms with Gasteiger partial charge in [-0.2, -0.15) is 9.97 Å². The summed E-state index contributed by atoms with van der Waals surface area (Å²) < 4.78 is 7.13. The summed E-state index contributed by atoms with van der Waals surface area (Å²) in [6.45, 7) is 4.66. The summed E-state index contributed by atoms with van der Waals surface area (Å²) in [5.74, 6) is 0.263. The molecule has 0 unspecified atom stereocenters. The summed E-state index contributed by atoms with van der Waals surface area (Å²) in [4.78, 5) is 40.6. The SMILES string of the molecule is CCCCOc1nc(N)c2[nH]c(=O)n(CCCN(Cc3ccccc3)C(=O)CCN(C)C)c2n1. The van der Waals surface area contributed by atoms with Crippen LogP contribution in [0.3, 0.4) is 0 Å². The maximum atomic E-state index is 12.9. The number of nitrogens with one attached hydrogen (secondary N) is 1. The number of amides is 1. The molecular weight excluding hydrogens is 434 g/mol. The summed E-state index contributed by atoms with van der Waals surface area (Å²) in [7, 11) is 3.90. The van der Waals surface area contributed by atoms with E-state index in [9.17, 15) is 9.59 Å². The van der Waals surface area contributed by atoms with Crippen LogP contribution in [0.5, 0.6) is 6.01 Å². The van der Waals surface area contributed by atoms with Crippen molar-refractivity contribution in [2.24, 2.45) is 0 Å². The Morgan fingerprint density at radius 1 is 1.15 bits per heavy atom. The van der Waals surface area contributed by atoms with E-state index in [1.54, 1.807) is 0 Å². The summed E-state index contributed by atoms with van der Waals surface area (Å²) in [6.07, 6.45) is 2.89. The Bertz CT molecular complexity index is 1120. The van der Waals surface area contributed by atoms with Gasteiger partial charge in [-0.3, -0.25) is 9.36 Å². The highest BCUT2D eigenvalue weighted by Gasteiger charge is 2.17. The molecule has 0 fully saturated rings. The molecule has 2 heterocycles. The number of benzene rings is 1. The van der Waals surface area contributed by atoms with Crippen LogP contribution in [0.1, 0.15) is 38.2 Å². The van der Waals surface area contributed by atoms with Gasteiger partial charge < -0.3 is 25.3 Å². The van der Waals surface area contributed by atoms with Crippen molar-refractivity contribution >= 4 is 22.9 Å². The quantitative estimate of drug-likeness (QED) is 0.368. The van der Waals surface area contributed by atoms with Gasteiger partial charge in [-0.15, -0.1) is 0 Å². The fourth-order valence-corrected chi connectivity index (χ4v) is 3.60. The predicted molar refractivity (Wildman–Crippen MR) is 133 cm³/mol. The van der Waals surface area contributed by atoms with Crippen LogP contribution in [-0.2, 0) is 17.9 Å². The van der Waals surface area contributed by atoms with E-state index in [4.69, 9.17) is 10.5 Å². The minimum absolute atomic E-state index is 0.0852. The van der Waals surface area contributed by atoms with E-state index in [-0.39, 0.29) is 23.4 Å². The molecule has 10 nitrogen and oxygen atoms in total. The first-order chi connectivity index (χ1) is 16.4. The van der Waals surface area contributed by atoms with Crippen molar-refractivity contribution in [3.63, 3.8) is 0 Å². The number of aryl methyl sites for hydroxylation is 1. The minimum Gasteiger partial charge on any atom is -0.463 e. The van der Waals surface area contributed by atoms with Crippen LogP contribution in [0.15, 0.2) is 35.1 Å². The van der Waals surface area contributed by atoms with Crippen LogP contribution in [0, 0.1) is 0 Å². The van der Waals surface area contributed by atoms with Gasteiger partial charge in [-0.1, -0.05) is 43.7 Å². The van der Waals surface area contributed by atoms with E-state index in [1.807, 2.05) is 54.2 Å². The number of ether oxygens (including phenoxy) is 1. The molecule has 0 bridgehead atoms. The lowest BCUT2D eigenvalue weighted by Gasteiger charge is -2.24. The first kappa shape index (κ1) is 25.2. The molecule has 1 amide bonds. The number of anilines is 1. The lowest BCUT2D eigenvalue weighted by molar-refractivity contribution is -0.132. The van der Waals surface area contributed by atoms with E-state index in [2.05, 4.69) is 21.9 Å². The van der Waals surface area contributed by atoms with Crippen LogP contribution >= 0.6 is 0 Å². The number of nitrogen functional groups attached to an aromatic ring is 1. The molecule has 2 aromatic heterocycles. The normalized spacial score (nSPS) is 11.3. The molecule has 0 saturated carbocycles. The van der Waals surface area contributed by atoms with Crippen molar-refractivity contribution in [3.8, 4) is 6.01 Å². The number of hydrogen-bond donors (Lipinski definition) is 2. The number of aromatic nitrogens is 4. The fraction of sp³-hybridized carbons (Fsp3) is 0.500. The maximum absolute atomic E-state index is 12.9. The number of rotatable bonds is 13. The zero-order valence-electron chi connectivity index (χ0n) is 20.3. The van der Waals surface area contributed by atoms with Gasteiger partial charge in [-0.05, 0) is 32.5 Å². The molecule has 0 saturated heterocycles. The van der Waals surface area contributed by atoms with E-state index in [0.29, 0.717) is 56.8 Å². The molecule has 0 atom stereocenters. The molecule has 3 N–H and O–H groups in total. The molecule has 0 aliphatic rings. The van der Waals surface area contributed by atoms with E-state index >= 15 is 0 Å². The number of nitrogens with two attached hydrogens (primary N) is 1. The van der Waals surface area contributed by atoms with Crippen molar-refractivity contribution < 1.29 is 9.53 Å². The first-order valence-corrected chi connectivity index (χ1v) is 11.7. The number of unbranched alkanes of at least 4 members (excludes halogenated alkanes) is 1. The van der Waals surface area contributed by atoms with Gasteiger partial charge in [0.05, 0.1) is 6.61 Å². The minimum atomic E-state index is -0.310. The first-order valence-electron chi connectivity index (χ1n) is 11.7. The van der Waals surface area contributed by atoms with Gasteiger partial charge in [0.1, 0.15) is 5.52 Å². The highest BCUT2D eigenvalue weighted by Crippen LogP contribution is 2.18. The lowest BCUT2D eigenvalue weighted by Crippen LogP contribution is -2.34. The Morgan fingerprint density at radius 2 is 1.91 bits per heavy atom. The molecule has 3 aromatic rings. The molecule has 1 aromatic carbocycles.